The zero-order valence-corrected chi connectivity index (χ0v) is 9.62. The zero-order valence-electron chi connectivity index (χ0n) is 7.23. The highest BCUT2D eigenvalue weighted by atomic mass is 35.5. The van der Waals surface area contributed by atoms with Crippen molar-refractivity contribution in [3.05, 3.63) is 21.3 Å². The third-order valence-electron chi connectivity index (χ3n) is 1.80. The van der Waals surface area contributed by atoms with Crippen LogP contribution < -0.4 is 4.72 Å². The lowest BCUT2D eigenvalue weighted by Crippen LogP contribution is -2.28. The summed E-state index contributed by atoms with van der Waals surface area (Å²) in [6.45, 7) is 1.57. The Balaban J connectivity index is 1.94. The molecule has 2 rings (SSSR count). The monoisotopic (exact) mass is 252 g/mol. The van der Waals surface area contributed by atoms with Crippen LogP contribution in [0.25, 0.3) is 0 Å². The van der Waals surface area contributed by atoms with Crippen LogP contribution in [0, 0.1) is 0 Å². The summed E-state index contributed by atoms with van der Waals surface area (Å²) >= 11 is 7.10. The van der Waals surface area contributed by atoms with Crippen molar-refractivity contribution in [2.45, 2.75) is 6.54 Å². The summed E-state index contributed by atoms with van der Waals surface area (Å²) in [6, 6.07) is 3.57. The first-order valence-electron chi connectivity index (χ1n) is 4.07. The van der Waals surface area contributed by atoms with Gasteiger partial charge in [0.2, 0.25) is 0 Å². The van der Waals surface area contributed by atoms with Crippen LogP contribution in [0.1, 0.15) is 4.88 Å². The van der Waals surface area contributed by atoms with E-state index in [1.54, 1.807) is 6.07 Å². The van der Waals surface area contributed by atoms with E-state index in [0.717, 1.165) is 4.88 Å². The second kappa shape index (κ2) is 3.79. The second-order valence-corrected chi connectivity index (χ2v) is 6.49. The van der Waals surface area contributed by atoms with Crippen LogP contribution >= 0.6 is 22.9 Å². The van der Waals surface area contributed by atoms with E-state index in [2.05, 4.69) is 4.72 Å². The highest BCUT2D eigenvalue weighted by Gasteiger charge is 2.31. The fraction of sp³-hybridized carbons (Fsp3) is 0.429. The fourth-order valence-electron chi connectivity index (χ4n) is 0.982. The zero-order chi connectivity index (χ0) is 10.2. The van der Waals surface area contributed by atoms with E-state index >= 15 is 0 Å². The molecular weight excluding hydrogens is 244 g/mol. The molecule has 0 atom stereocenters. The highest BCUT2D eigenvalue weighted by Crippen LogP contribution is 2.21. The molecule has 1 aromatic heterocycles. The lowest BCUT2D eigenvalue weighted by Gasteiger charge is -2.04. The second-order valence-electron chi connectivity index (χ2n) is 2.93. The lowest BCUT2D eigenvalue weighted by atomic mass is 10.5. The minimum atomic E-state index is -3.23. The molecule has 0 aliphatic carbocycles. The van der Waals surface area contributed by atoms with Crippen LogP contribution in [0.4, 0.5) is 0 Å². The molecule has 0 bridgehead atoms. The third kappa shape index (κ3) is 2.46. The summed E-state index contributed by atoms with van der Waals surface area (Å²) in [7, 11) is -3.23. The molecule has 0 saturated carbocycles. The van der Waals surface area contributed by atoms with Crippen LogP contribution in [0.3, 0.4) is 0 Å². The first kappa shape index (κ1) is 10.4. The summed E-state index contributed by atoms with van der Waals surface area (Å²) in [4.78, 5) is 0.917. The van der Waals surface area contributed by atoms with Crippen LogP contribution in [-0.4, -0.2) is 25.8 Å². The average Bonchev–Trinajstić information content (AvgIpc) is 2.89. The summed E-state index contributed by atoms with van der Waals surface area (Å²) in [5.74, 6) is 0. The van der Waals surface area contributed by atoms with Gasteiger partial charge in [-0.05, 0) is 12.1 Å². The Hall–Kier alpha value is -0.140. The van der Waals surface area contributed by atoms with Gasteiger partial charge in [-0.1, -0.05) is 11.6 Å². The standard InChI is InChI=1S/C7H9ClN2O2S2/c8-7-2-1-6(13-7)5-9-14(11,12)10-3-4-10/h1-2,9H,3-5H2. The van der Waals surface area contributed by atoms with Gasteiger partial charge in [0.25, 0.3) is 10.2 Å². The Morgan fingerprint density at radius 1 is 1.50 bits per heavy atom. The van der Waals surface area contributed by atoms with Crippen LogP contribution in [0.15, 0.2) is 12.1 Å². The van der Waals surface area contributed by atoms with E-state index in [4.69, 9.17) is 11.6 Å². The van der Waals surface area contributed by atoms with Crippen molar-refractivity contribution in [2.75, 3.05) is 13.1 Å². The minimum absolute atomic E-state index is 0.316. The van der Waals surface area contributed by atoms with E-state index in [9.17, 15) is 8.42 Å². The van der Waals surface area contributed by atoms with Crippen molar-refractivity contribution in [3.63, 3.8) is 0 Å². The van der Waals surface area contributed by atoms with E-state index < -0.39 is 10.2 Å². The van der Waals surface area contributed by atoms with E-state index in [1.807, 2.05) is 6.07 Å². The van der Waals surface area contributed by atoms with Crippen LogP contribution in [0.5, 0.6) is 0 Å². The van der Waals surface area contributed by atoms with Gasteiger partial charge in [0.1, 0.15) is 0 Å². The number of nitrogens with one attached hydrogen (secondary N) is 1. The quantitative estimate of drug-likeness (QED) is 0.815. The Labute approximate surface area is 91.7 Å². The first-order valence-corrected chi connectivity index (χ1v) is 6.70. The maximum atomic E-state index is 11.4. The molecule has 0 spiro atoms. The topological polar surface area (TPSA) is 49.2 Å². The van der Waals surface area contributed by atoms with Crippen LogP contribution in [-0.2, 0) is 16.8 Å². The van der Waals surface area contributed by atoms with Crippen molar-refractivity contribution in [2.24, 2.45) is 0 Å². The summed E-state index contributed by atoms with van der Waals surface area (Å²) in [6.07, 6.45) is 0. The molecular formula is C7H9ClN2O2S2. The van der Waals surface area contributed by atoms with Gasteiger partial charge in [-0.15, -0.1) is 11.3 Å². The Kier molecular flexibility index (Phi) is 2.81. The molecule has 1 aliphatic heterocycles. The predicted molar refractivity (Wildman–Crippen MR) is 56.7 cm³/mol. The van der Waals surface area contributed by atoms with Crippen molar-refractivity contribution < 1.29 is 8.42 Å². The Morgan fingerprint density at radius 2 is 2.21 bits per heavy atom. The van der Waals surface area contributed by atoms with Crippen molar-refractivity contribution in [1.82, 2.24) is 9.03 Å². The molecule has 1 aliphatic rings. The Morgan fingerprint density at radius 3 is 2.71 bits per heavy atom. The number of nitrogens with zero attached hydrogens (tertiary/aromatic N) is 1. The first-order chi connectivity index (χ1) is 6.58. The fourth-order valence-corrected chi connectivity index (χ4v) is 3.18. The molecule has 78 valence electrons. The number of thiophene rings is 1. The van der Waals surface area contributed by atoms with Gasteiger partial charge in [-0.2, -0.15) is 17.4 Å². The van der Waals surface area contributed by atoms with E-state index in [0.29, 0.717) is 24.0 Å². The smallest absolute Gasteiger partial charge is 0.197 e. The minimum Gasteiger partial charge on any atom is -0.197 e. The SMILES string of the molecule is O=S(=O)(NCc1ccc(Cl)s1)N1CC1. The maximum absolute atomic E-state index is 11.4. The molecule has 4 nitrogen and oxygen atoms in total. The molecule has 0 aromatic carbocycles. The summed E-state index contributed by atoms with van der Waals surface area (Å²) < 4.78 is 27.3. The van der Waals surface area contributed by atoms with Crippen molar-refractivity contribution in [3.8, 4) is 0 Å². The lowest BCUT2D eigenvalue weighted by molar-refractivity contribution is 0.547. The molecule has 1 aromatic rings. The largest absolute Gasteiger partial charge is 0.279 e. The summed E-state index contributed by atoms with van der Waals surface area (Å²) in [5, 5.41) is 0. The molecule has 2 heterocycles. The molecule has 0 unspecified atom stereocenters. The predicted octanol–water partition coefficient (Wildman–Crippen LogP) is 1.05. The molecule has 0 radical (unpaired) electrons. The van der Waals surface area contributed by atoms with Gasteiger partial charge >= 0.3 is 0 Å². The van der Waals surface area contributed by atoms with Gasteiger partial charge in [-0.25, -0.2) is 0 Å². The number of rotatable bonds is 4. The Bertz CT molecular complexity index is 425. The maximum Gasteiger partial charge on any atom is 0.279 e. The number of hydrogen-bond acceptors (Lipinski definition) is 3. The van der Waals surface area contributed by atoms with E-state index in [-0.39, 0.29) is 0 Å². The molecule has 1 fully saturated rings. The molecule has 7 heteroatoms. The van der Waals surface area contributed by atoms with Crippen molar-refractivity contribution >= 4 is 33.1 Å². The van der Waals surface area contributed by atoms with Gasteiger partial charge in [-0.3, -0.25) is 0 Å². The van der Waals surface area contributed by atoms with E-state index in [1.165, 1.54) is 15.6 Å². The number of halogens is 1. The van der Waals surface area contributed by atoms with Gasteiger partial charge in [0.15, 0.2) is 0 Å². The summed E-state index contributed by atoms with van der Waals surface area (Å²) in [5.41, 5.74) is 0. The number of hydrogen-bond donors (Lipinski definition) is 1. The van der Waals surface area contributed by atoms with Gasteiger partial charge in [0, 0.05) is 24.5 Å². The van der Waals surface area contributed by atoms with Gasteiger partial charge < -0.3 is 0 Å². The normalized spacial score (nSPS) is 17.2. The highest BCUT2D eigenvalue weighted by molar-refractivity contribution is 7.87. The molecule has 14 heavy (non-hydrogen) atoms. The van der Waals surface area contributed by atoms with Crippen LogP contribution in [0.2, 0.25) is 4.34 Å². The average molecular weight is 253 g/mol. The molecule has 1 N–H and O–H groups in total. The third-order valence-corrected chi connectivity index (χ3v) is 4.59. The molecule has 0 amide bonds. The molecule has 1 saturated heterocycles. The van der Waals surface area contributed by atoms with Crippen molar-refractivity contribution in [1.29, 1.82) is 0 Å². The van der Waals surface area contributed by atoms with Gasteiger partial charge in [0.05, 0.1) is 4.34 Å².